The minimum absolute atomic E-state index is 0.295. The second kappa shape index (κ2) is 9.08. The lowest BCUT2D eigenvalue weighted by atomic mass is 9.76. The van der Waals surface area contributed by atoms with Gasteiger partial charge in [-0.05, 0) is 47.9 Å². The molecule has 2 N–H and O–H groups in total. The molecule has 0 fully saturated rings. The van der Waals surface area contributed by atoms with Crippen LogP contribution in [0.25, 0.3) is 22.5 Å². The fraction of sp³-hybridized carbons (Fsp3) is 0.222. The van der Waals surface area contributed by atoms with Crippen LogP contribution in [0.1, 0.15) is 31.7 Å². The van der Waals surface area contributed by atoms with Gasteiger partial charge in [-0.1, -0.05) is 59.8 Å². The molecular weight excluding hydrogens is 478 g/mol. The highest BCUT2D eigenvalue weighted by Gasteiger charge is 2.39. The number of aromatic amines is 2. The van der Waals surface area contributed by atoms with Gasteiger partial charge in [-0.2, -0.15) is 15.7 Å². The van der Waals surface area contributed by atoms with Crippen molar-refractivity contribution in [1.29, 1.82) is 5.26 Å². The van der Waals surface area contributed by atoms with E-state index in [-0.39, 0.29) is 5.54 Å². The molecule has 0 saturated carbocycles. The molecule has 11 heteroatoms. The van der Waals surface area contributed by atoms with Crippen LogP contribution in [0.3, 0.4) is 0 Å². The molecule has 11 nitrogen and oxygen atoms in total. The maximum Gasteiger partial charge on any atom is 0.205 e. The van der Waals surface area contributed by atoms with Crippen molar-refractivity contribution in [3.8, 4) is 28.6 Å². The van der Waals surface area contributed by atoms with E-state index in [0.29, 0.717) is 24.6 Å². The van der Waals surface area contributed by atoms with E-state index in [4.69, 9.17) is 9.98 Å². The van der Waals surface area contributed by atoms with Gasteiger partial charge in [0.15, 0.2) is 5.41 Å². The van der Waals surface area contributed by atoms with E-state index in [2.05, 4.69) is 85.4 Å². The van der Waals surface area contributed by atoms with Gasteiger partial charge in [-0.3, -0.25) is 9.98 Å². The van der Waals surface area contributed by atoms with Gasteiger partial charge in [0.1, 0.15) is 0 Å². The fourth-order valence-corrected chi connectivity index (χ4v) is 4.77. The van der Waals surface area contributed by atoms with Crippen molar-refractivity contribution in [2.24, 2.45) is 9.98 Å². The molecule has 0 bridgehead atoms. The molecule has 2 aliphatic rings. The van der Waals surface area contributed by atoms with Crippen molar-refractivity contribution in [2.45, 2.75) is 37.8 Å². The second-order valence-electron chi connectivity index (χ2n) is 9.83. The second-order valence-corrected chi connectivity index (χ2v) is 9.83. The summed E-state index contributed by atoms with van der Waals surface area (Å²) in [5.41, 5.74) is 5.16. The van der Waals surface area contributed by atoms with Crippen LogP contribution in [0.5, 0.6) is 0 Å². The van der Waals surface area contributed by atoms with Gasteiger partial charge in [0, 0.05) is 23.3 Å². The molecule has 1 aliphatic carbocycles. The number of H-pyrrole nitrogens is 2. The predicted molar refractivity (Wildman–Crippen MR) is 141 cm³/mol. The summed E-state index contributed by atoms with van der Waals surface area (Å²) in [6.45, 7) is 4.66. The minimum atomic E-state index is -1.13. The van der Waals surface area contributed by atoms with E-state index in [0.717, 1.165) is 39.3 Å². The van der Waals surface area contributed by atoms with Crippen LogP contribution in [0.4, 0.5) is 0 Å². The van der Waals surface area contributed by atoms with E-state index in [9.17, 15) is 5.26 Å². The number of nitriles is 1. The Bertz CT molecular complexity index is 1630. The van der Waals surface area contributed by atoms with Crippen molar-refractivity contribution in [2.75, 3.05) is 0 Å². The summed E-state index contributed by atoms with van der Waals surface area (Å²) in [5, 5.41) is 38.7. The molecule has 2 aromatic carbocycles. The first-order valence-electron chi connectivity index (χ1n) is 12.1. The van der Waals surface area contributed by atoms with Crippen molar-refractivity contribution in [1.82, 2.24) is 41.2 Å². The van der Waals surface area contributed by atoms with Gasteiger partial charge in [0.2, 0.25) is 11.6 Å². The van der Waals surface area contributed by atoms with Gasteiger partial charge in [-0.25, -0.2) is 0 Å². The van der Waals surface area contributed by atoms with E-state index in [1.54, 1.807) is 6.08 Å². The molecule has 6 rings (SSSR count). The van der Waals surface area contributed by atoms with Crippen LogP contribution in [-0.4, -0.2) is 58.2 Å². The fourth-order valence-electron chi connectivity index (χ4n) is 4.77. The minimum Gasteiger partial charge on any atom is -0.284 e. The average molecular weight is 502 g/mol. The molecule has 0 spiro atoms. The van der Waals surface area contributed by atoms with Crippen LogP contribution in [0.15, 0.2) is 82.3 Å². The first kappa shape index (κ1) is 23.3. The lowest BCUT2D eigenvalue weighted by molar-refractivity contribution is 0.540. The number of tetrazole rings is 2. The summed E-state index contributed by atoms with van der Waals surface area (Å²) in [4.78, 5) is 9.89. The topological polar surface area (TPSA) is 157 Å². The van der Waals surface area contributed by atoms with Gasteiger partial charge < -0.3 is 0 Å². The zero-order chi connectivity index (χ0) is 26.2. The number of fused-ring (bicyclic) bond motifs is 1. The zero-order valence-corrected chi connectivity index (χ0v) is 20.8. The first-order valence-corrected chi connectivity index (χ1v) is 12.1. The third kappa shape index (κ3) is 4.22. The summed E-state index contributed by atoms with van der Waals surface area (Å²) in [7, 11) is 0. The molecule has 2 aromatic heterocycles. The molecule has 1 atom stereocenters. The molecular formula is C27H23N11. The maximum atomic E-state index is 10.0. The van der Waals surface area contributed by atoms with Gasteiger partial charge in [-0.15, -0.1) is 20.4 Å². The number of hydrogen-bond donors (Lipinski definition) is 2. The van der Waals surface area contributed by atoms with Gasteiger partial charge in [0.05, 0.1) is 23.9 Å². The quantitative estimate of drug-likeness (QED) is 0.423. The number of aliphatic imine (C=N–C) groups is 2. The molecule has 1 unspecified atom stereocenters. The highest BCUT2D eigenvalue weighted by Crippen LogP contribution is 2.35. The lowest BCUT2D eigenvalue weighted by Gasteiger charge is -2.32. The molecule has 38 heavy (non-hydrogen) atoms. The van der Waals surface area contributed by atoms with Crippen LogP contribution in [-0.2, 0) is 12.0 Å². The van der Waals surface area contributed by atoms with Crippen molar-refractivity contribution in [3.63, 3.8) is 0 Å². The number of benzene rings is 2. The summed E-state index contributed by atoms with van der Waals surface area (Å²) >= 11 is 0. The highest BCUT2D eigenvalue weighted by atomic mass is 15.5. The van der Waals surface area contributed by atoms with E-state index in [1.807, 2.05) is 36.4 Å². The largest absolute Gasteiger partial charge is 0.284 e. The smallest absolute Gasteiger partial charge is 0.205 e. The maximum absolute atomic E-state index is 10.0. The van der Waals surface area contributed by atoms with Crippen LogP contribution < -0.4 is 0 Å². The van der Waals surface area contributed by atoms with Crippen LogP contribution in [0.2, 0.25) is 0 Å². The Morgan fingerprint density at radius 1 is 0.974 bits per heavy atom. The van der Waals surface area contributed by atoms with E-state index in [1.165, 1.54) is 0 Å². The molecule has 0 radical (unpaired) electrons. The molecule has 3 heterocycles. The van der Waals surface area contributed by atoms with Crippen molar-refractivity contribution in [3.05, 3.63) is 83.7 Å². The summed E-state index contributed by atoms with van der Waals surface area (Å²) < 4.78 is 0. The third-order valence-corrected chi connectivity index (χ3v) is 6.62. The number of aromatic nitrogens is 8. The molecule has 186 valence electrons. The Labute approximate surface area is 218 Å². The number of nitrogens with one attached hydrogen (secondary N) is 2. The Hall–Kier alpha value is -5.11. The van der Waals surface area contributed by atoms with Crippen LogP contribution in [0, 0.1) is 11.3 Å². The average Bonchev–Trinajstić information content (AvgIpc) is 3.67. The van der Waals surface area contributed by atoms with E-state index < -0.39 is 5.41 Å². The summed E-state index contributed by atoms with van der Waals surface area (Å²) in [5.74, 6) is 0.848. The molecule has 1 aliphatic heterocycles. The van der Waals surface area contributed by atoms with Crippen molar-refractivity contribution < 1.29 is 0 Å². The Morgan fingerprint density at radius 2 is 1.74 bits per heavy atom. The number of hydrogen-bond acceptors (Lipinski definition) is 9. The Kier molecular flexibility index (Phi) is 5.57. The molecule has 4 aromatic rings. The number of allylic oxidation sites excluding steroid dienone is 4. The monoisotopic (exact) mass is 501 g/mol. The molecule has 0 saturated heterocycles. The lowest BCUT2D eigenvalue weighted by Crippen LogP contribution is -2.36. The first-order chi connectivity index (χ1) is 18.5. The van der Waals surface area contributed by atoms with E-state index >= 15 is 0 Å². The highest BCUT2D eigenvalue weighted by molar-refractivity contribution is 6.30. The summed E-state index contributed by atoms with van der Waals surface area (Å²) in [6.07, 6.45) is 6.13. The standard InChI is InChI=1S/C27H23N11/c1-26(2)14-23(21-13-27(16-28,12-11-22(21)30-26)25-33-37-38-34-25)29-15-17-7-9-18(10-8-17)19-5-3-4-6-20(19)24-31-35-36-32-24/h3-13H,14-15H2,1-2H3,(H,31,32,35,36)(H,33,34,37,38). The Morgan fingerprint density at radius 3 is 2.45 bits per heavy atom. The predicted octanol–water partition coefficient (Wildman–Crippen LogP) is 3.57. The Balaban J connectivity index is 1.30. The van der Waals surface area contributed by atoms with Crippen molar-refractivity contribution >= 4 is 11.4 Å². The third-order valence-electron chi connectivity index (χ3n) is 6.62. The number of rotatable bonds is 5. The zero-order valence-electron chi connectivity index (χ0n) is 20.8. The normalized spacial score (nSPS) is 20.9. The van der Waals surface area contributed by atoms with Gasteiger partial charge in [0.25, 0.3) is 0 Å². The molecule has 0 amide bonds. The van der Waals surface area contributed by atoms with Gasteiger partial charge >= 0.3 is 0 Å². The number of nitrogens with zero attached hydrogens (tertiary/aromatic N) is 9. The summed E-state index contributed by atoms with van der Waals surface area (Å²) in [6, 6.07) is 18.6. The SMILES string of the molecule is CC1(C)CC(=NCc2ccc(-c3ccccc3-c3nn[nH]n3)cc2)C2=CC(C#N)(c3nn[nH]n3)C=CC2=N1. The van der Waals surface area contributed by atoms with Crippen LogP contribution >= 0.6 is 0 Å².